The number of carboxylic acids is 1. The zero-order valence-corrected chi connectivity index (χ0v) is 42.8. The molecule has 5 aliphatic rings. The highest BCUT2D eigenvalue weighted by molar-refractivity contribution is 5.84. The quantitative estimate of drug-likeness (QED) is 0.0541. The van der Waals surface area contributed by atoms with Gasteiger partial charge in [0.25, 0.3) is 0 Å². The number of aliphatic hydroxyl groups excluding tert-OH is 1. The Morgan fingerprint density at radius 2 is 1.43 bits per heavy atom. The van der Waals surface area contributed by atoms with E-state index in [0.717, 1.165) is 32.2 Å². The fourth-order valence-corrected chi connectivity index (χ4v) is 12.6. The Bertz CT molecular complexity index is 1530. The standard InChI is InChI=1S/C54H95NO10/c1-12-16-17-18-19-20-21-22-23-24-33-55-44-27-30-53(65-54(44)32-31-51(11,64-54)45-28-29-52(60,15-4)40(10)61-45)37(7)34-36(6)49(63-53)42(14-3)47(57)38(8)46(56)39(9)48-35(5)25-26-43(62-48)41(13-2)50(58)59/h27,30,35-46,48-49,55-56,60H,12-26,28-29,31-34H2,1-11H3,(H,58,59)/t35-,36-,37+,38-,39-,40-,41+,42-,43+,44-,45+,46+,48+,49-,51-,52+,53-,54-/m0/s1. The molecule has 11 nitrogen and oxygen atoms in total. The van der Waals surface area contributed by atoms with E-state index in [9.17, 15) is 24.9 Å². The lowest BCUT2D eigenvalue weighted by Gasteiger charge is -2.55. The maximum Gasteiger partial charge on any atom is 0.309 e. The first-order valence-corrected chi connectivity index (χ1v) is 26.8. The number of aliphatic carboxylic acids is 1. The number of ether oxygens (including phenoxy) is 5. The molecule has 5 rings (SSSR count). The molecule has 65 heavy (non-hydrogen) atoms. The van der Waals surface area contributed by atoms with Crippen LogP contribution in [0.25, 0.3) is 0 Å². The van der Waals surface area contributed by atoms with Gasteiger partial charge < -0.3 is 44.3 Å². The van der Waals surface area contributed by atoms with Gasteiger partial charge in [0.1, 0.15) is 5.78 Å². The van der Waals surface area contributed by atoms with Crippen molar-refractivity contribution in [3.05, 3.63) is 12.2 Å². The van der Waals surface area contributed by atoms with Gasteiger partial charge in [0.2, 0.25) is 0 Å². The molecule has 4 saturated heterocycles. The van der Waals surface area contributed by atoms with Gasteiger partial charge >= 0.3 is 5.97 Å². The highest BCUT2D eigenvalue weighted by Crippen LogP contribution is 2.54. The van der Waals surface area contributed by atoms with Crippen LogP contribution in [0.15, 0.2) is 12.2 Å². The van der Waals surface area contributed by atoms with Crippen LogP contribution in [0, 0.1) is 41.4 Å². The summed E-state index contributed by atoms with van der Waals surface area (Å²) < 4.78 is 35.2. The average Bonchev–Trinajstić information content (AvgIpc) is 3.62. The fourth-order valence-electron chi connectivity index (χ4n) is 12.6. The van der Waals surface area contributed by atoms with Gasteiger partial charge in [0.15, 0.2) is 11.6 Å². The predicted octanol–water partition coefficient (Wildman–Crippen LogP) is 10.7. The van der Waals surface area contributed by atoms with E-state index in [1.807, 2.05) is 41.5 Å². The SMILES string of the molecule is CCCCCCCCCCCCN[C@H]1C=C[C@]2(O[C@H]([C@@H](CC)C(=O)[C@@H](C)[C@@H](O)[C@H](C)[C@@H]3O[C@@H]([C@@H](CC)C(=O)O)CC[C@@H]3C)[C@@H](C)C[C@H]2C)O[C@@]12CC[C@@](C)([C@H]1CC[C@](O)(CC)[C@H](C)O1)O2. The molecule has 5 aliphatic heterocycles. The van der Waals surface area contributed by atoms with E-state index in [4.69, 9.17) is 23.7 Å². The lowest BCUT2D eigenvalue weighted by molar-refractivity contribution is -0.398. The minimum atomic E-state index is -1.13. The number of carboxylic acid groups (broad SMARTS) is 1. The van der Waals surface area contributed by atoms with E-state index in [1.165, 1.54) is 57.8 Å². The van der Waals surface area contributed by atoms with Crippen molar-refractivity contribution in [1.29, 1.82) is 0 Å². The number of carbonyl (C=O) groups excluding carboxylic acids is 1. The maximum absolute atomic E-state index is 14.7. The Morgan fingerprint density at radius 3 is 2.03 bits per heavy atom. The molecule has 4 fully saturated rings. The van der Waals surface area contributed by atoms with Gasteiger partial charge in [-0.3, -0.25) is 9.59 Å². The van der Waals surface area contributed by atoms with Gasteiger partial charge in [0, 0.05) is 30.1 Å². The summed E-state index contributed by atoms with van der Waals surface area (Å²) in [5.74, 6) is -5.05. The van der Waals surface area contributed by atoms with Crippen LogP contribution in [-0.4, -0.2) is 99.1 Å². The zero-order chi connectivity index (χ0) is 47.7. The van der Waals surface area contributed by atoms with Crippen LogP contribution in [0.3, 0.4) is 0 Å². The van der Waals surface area contributed by atoms with Gasteiger partial charge in [-0.2, -0.15) is 0 Å². The topological polar surface area (TPSA) is 153 Å². The number of rotatable bonds is 24. The second-order valence-electron chi connectivity index (χ2n) is 22.1. The number of Topliss-reactive ketones (excluding diaryl/α,β-unsaturated/α-hetero) is 1. The van der Waals surface area contributed by atoms with Gasteiger partial charge in [-0.05, 0) is 103 Å². The van der Waals surface area contributed by atoms with Crippen molar-refractivity contribution < 1.29 is 48.6 Å². The maximum atomic E-state index is 14.7. The number of hydrogen-bond acceptors (Lipinski definition) is 10. The Hall–Kier alpha value is -1.44. The summed E-state index contributed by atoms with van der Waals surface area (Å²) in [7, 11) is 0. The fraction of sp³-hybridized carbons (Fsp3) is 0.926. The molecule has 0 amide bonds. The molecule has 5 heterocycles. The predicted molar refractivity (Wildman–Crippen MR) is 256 cm³/mol. The average molecular weight is 918 g/mol. The molecule has 0 saturated carbocycles. The summed E-state index contributed by atoms with van der Waals surface area (Å²) in [5, 5.41) is 37.0. The van der Waals surface area contributed by atoms with E-state index in [2.05, 4.69) is 52.1 Å². The summed E-state index contributed by atoms with van der Waals surface area (Å²) in [5.41, 5.74) is -1.50. The van der Waals surface area contributed by atoms with Crippen LogP contribution >= 0.6 is 0 Å². The van der Waals surface area contributed by atoms with Crippen molar-refractivity contribution in [1.82, 2.24) is 5.32 Å². The molecule has 4 N–H and O–H groups in total. The van der Waals surface area contributed by atoms with E-state index >= 15 is 0 Å². The van der Waals surface area contributed by atoms with Crippen molar-refractivity contribution in [2.24, 2.45) is 41.4 Å². The molecule has 0 unspecified atom stereocenters. The first-order valence-electron chi connectivity index (χ1n) is 26.8. The summed E-state index contributed by atoms with van der Waals surface area (Å²) in [6.07, 6.45) is 21.0. The Balaban J connectivity index is 1.32. The lowest BCUT2D eigenvalue weighted by atomic mass is 9.72. The number of nitrogens with one attached hydrogen (secondary N) is 1. The van der Waals surface area contributed by atoms with Gasteiger partial charge in [-0.25, -0.2) is 0 Å². The van der Waals surface area contributed by atoms with E-state index < -0.39 is 64.8 Å². The number of unbranched alkanes of at least 4 members (excludes halogenated alkanes) is 9. The van der Waals surface area contributed by atoms with Crippen LogP contribution in [-0.2, 0) is 33.3 Å². The lowest BCUT2D eigenvalue weighted by Crippen LogP contribution is -2.65. The second-order valence-corrected chi connectivity index (χ2v) is 22.1. The molecule has 2 spiro atoms. The molecule has 0 bridgehead atoms. The smallest absolute Gasteiger partial charge is 0.309 e. The molecule has 0 aromatic carbocycles. The Labute approximate surface area is 394 Å². The van der Waals surface area contributed by atoms with Crippen LogP contribution in [0.5, 0.6) is 0 Å². The third-order valence-corrected chi connectivity index (χ3v) is 17.4. The number of hydrogen-bond donors (Lipinski definition) is 4. The number of carbonyl (C=O) groups is 2. The van der Waals surface area contributed by atoms with Gasteiger partial charge in [-0.1, -0.05) is 126 Å². The first kappa shape index (κ1) is 54.5. The van der Waals surface area contributed by atoms with Crippen molar-refractivity contribution in [2.45, 2.75) is 270 Å². The molecule has 0 aromatic rings. The Kier molecular flexibility index (Phi) is 20.1. The van der Waals surface area contributed by atoms with Crippen LogP contribution < -0.4 is 5.32 Å². The van der Waals surface area contributed by atoms with Crippen molar-refractivity contribution >= 4 is 11.8 Å². The van der Waals surface area contributed by atoms with Gasteiger partial charge in [-0.15, -0.1) is 0 Å². The summed E-state index contributed by atoms with van der Waals surface area (Å²) in [4.78, 5) is 26.8. The summed E-state index contributed by atoms with van der Waals surface area (Å²) in [6.45, 7) is 23.4. The first-order chi connectivity index (χ1) is 30.8. The third-order valence-electron chi connectivity index (χ3n) is 17.4. The van der Waals surface area contributed by atoms with Gasteiger partial charge in [0.05, 0.1) is 59.8 Å². The van der Waals surface area contributed by atoms with Crippen molar-refractivity contribution in [2.75, 3.05) is 6.54 Å². The largest absolute Gasteiger partial charge is 0.481 e. The van der Waals surface area contributed by atoms with E-state index in [1.54, 1.807) is 0 Å². The Morgan fingerprint density at radius 1 is 0.785 bits per heavy atom. The van der Waals surface area contributed by atoms with Crippen LogP contribution in [0.2, 0.25) is 0 Å². The molecule has 0 aromatic heterocycles. The highest BCUT2D eigenvalue weighted by atomic mass is 16.8. The molecule has 18 atom stereocenters. The minimum absolute atomic E-state index is 0.0305. The normalized spacial score (nSPS) is 39.9. The van der Waals surface area contributed by atoms with Crippen LogP contribution in [0.4, 0.5) is 0 Å². The van der Waals surface area contributed by atoms with E-state index in [0.29, 0.717) is 44.9 Å². The van der Waals surface area contributed by atoms with Crippen molar-refractivity contribution in [3.8, 4) is 0 Å². The number of ketones is 1. The second kappa shape index (κ2) is 23.9. The zero-order valence-electron chi connectivity index (χ0n) is 42.8. The molecular weight excluding hydrogens is 823 g/mol. The summed E-state index contributed by atoms with van der Waals surface area (Å²) in [6, 6.07) is -0.219. The molecule has 11 heteroatoms. The molecule has 376 valence electrons. The van der Waals surface area contributed by atoms with Crippen molar-refractivity contribution in [3.63, 3.8) is 0 Å². The molecular formula is C54H95NO10. The van der Waals surface area contributed by atoms with E-state index in [-0.39, 0.29) is 53.8 Å². The molecule has 0 aliphatic carbocycles. The monoisotopic (exact) mass is 918 g/mol. The number of aliphatic hydroxyl groups is 2. The third kappa shape index (κ3) is 12.5. The molecule has 0 radical (unpaired) electrons. The van der Waals surface area contributed by atoms with Crippen LogP contribution in [0.1, 0.15) is 205 Å². The highest BCUT2D eigenvalue weighted by Gasteiger charge is 2.63. The minimum Gasteiger partial charge on any atom is -0.481 e. The summed E-state index contributed by atoms with van der Waals surface area (Å²) >= 11 is 0.